The van der Waals surface area contributed by atoms with Crippen molar-refractivity contribution in [2.75, 3.05) is 0 Å². The Morgan fingerprint density at radius 1 is 1.37 bits per heavy atom. The number of rotatable bonds is 5. The number of aliphatic hydroxyl groups is 1. The Kier molecular flexibility index (Phi) is 4.30. The van der Waals surface area contributed by atoms with Gasteiger partial charge in [0.1, 0.15) is 5.69 Å². The van der Waals surface area contributed by atoms with Gasteiger partial charge in [-0.25, -0.2) is 0 Å². The number of aliphatic hydroxyl groups excluding tert-OH is 1. The van der Waals surface area contributed by atoms with E-state index in [1.165, 1.54) is 6.20 Å². The molecule has 0 aliphatic rings. The highest BCUT2D eigenvalue weighted by molar-refractivity contribution is 5.92. The third-order valence-corrected chi connectivity index (χ3v) is 2.97. The highest BCUT2D eigenvalue weighted by atomic mass is 16.3. The fourth-order valence-electron chi connectivity index (χ4n) is 1.80. The van der Waals surface area contributed by atoms with Crippen molar-refractivity contribution in [1.82, 2.24) is 15.5 Å². The van der Waals surface area contributed by atoms with Crippen molar-refractivity contribution in [3.8, 4) is 0 Å². The third-order valence-electron chi connectivity index (χ3n) is 2.97. The lowest BCUT2D eigenvalue weighted by molar-refractivity contribution is 0.0847. The largest absolute Gasteiger partial charge is 0.391 e. The first-order valence-corrected chi connectivity index (χ1v) is 6.19. The van der Waals surface area contributed by atoms with Crippen LogP contribution < -0.4 is 5.32 Å². The molecule has 5 nitrogen and oxygen atoms in total. The van der Waals surface area contributed by atoms with Gasteiger partial charge in [-0.05, 0) is 18.6 Å². The van der Waals surface area contributed by atoms with Crippen LogP contribution in [0.4, 0.5) is 0 Å². The van der Waals surface area contributed by atoms with Crippen molar-refractivity contribution in [2.45, 2.75) is 25.5 Å². The number of aromatic amines is 1. The molecule has 1 amide bonds. The molecule has 5 heteroatoms. The van der Waals surface area contributed by atoms with Crippen molar-refractivity contribution >= 4 is 5.91 Å². The summed E-state index contributed by atoms with van der Waals surface area (Å²) in [6.45, 7) is 1.78. The normalized spacial score (nSPS) is 13.8. The van der Waals surface area contributed by atoms with Gasteiger partial charge in [-0.1, -0.05) is 30.3 Å². The Morgan fingerprint density at radius 3 is 2.74 bits per heavy atom. The van der Waals surface area contributed by atoms with Gasteiger partial charge in [0, 0.05) is 12.6 Å². The van der Waals surface area contributed by atoms with Crippen LogP contribution in [0.1, 0.15) is 23.0 Å². The van der Waals surface area contributed by atoms with E-state index in [-0.39, 0.29) is 11.9 Å². The van der Waals surface area contributed by atoms with E-state index in [9.17, 15) is 9.90 Å². The van der Waals surface area contributed by atoms with E-state index >= 15 is 0 Å². The molecule has 0 saturated carbocycles. The number of benzene rings is 1. The van der Waals surface area contributed by atoms with Gasteiger partial charge in [0.2, 0.25) is 0 Å². The zero-order valence-corrected chi connectivity index (χ0v) is 10.7. The molecule has 2 rings (SSSR count). The first-order chi connectivity index (χ1) is 9.16. The van der Waals surface area contributed by atoms with Gasteiger partial charge in [0.25, 0.3) is 5.91 Å². The number of hydrogen-bond acceptors (Lipinski definition) is 3. The average molecular weight is 259 g/mol. The highest BCUT2D eigenvalue weighted by Crippen LogP contribution is 2.06. The molecule has 1 aromatic carbocycles. The summed E-state index contributed by atoms with van der Waals surface area (Å²) in [6, 6.07) is 10.9. The van der Waals surface area contributed by atoms with Crippen molar-refractivity contribution in [2.24, 2.45) is 0 Å². The molecule has 0 aliphatic carbocycles. The Balaban J connectivity index is 1.89. The fraction of sp³-hybridized carbons (Fsp3) is 0.286. The molecule has 1 heterocycles. The van der Waals surface area contributed by atoms with Crippen LogP contribution in [-0.4, -0.2) is 33.4 Å². The lowest BCUT2D eigenvalue weighted by atomic mass is 10.0. The van der Waals surface area contributed by atoms with E-state index in [0.717, 1.165) is 5.56 Å². The Hall–Kier alpha value is -2.14. The molecular weight excluding hydrogens is 242 g/mol. The van der Waals surface area contributed by atoms with Gasteiger partial charge >= 0.3 is 0 Å². The van der Waals surface area contributed by atoms with Crippen LogP contribution in [0.3, 0.4) is 0 Å². The van der Waals surface area contributed by atoms with Gasteiger partial charge < -0.3 is 10.4 Å². The van der Waals surface area contributed by atoms with Crippen molar-refractivity contribution in [3.63, 3.8) is 0 Å². The van der Waals surface area contributed by atoms with Crippen LogP contribution in [-0.2, 0) is 6.42 Å². The molecule has 19 heavy (non-hydrogen) atoms. The number of carbonyl (C=O) groups excluding carboxylic acids is 1. The van der Waals surface area contributed by atoms with Crippen molar-refractivity contribution < 1.29 is 9.90 Å². The summed E-state index contributed by atoms with van der Waals surface area (Å²) < 4.78 is 0. The van der Waals surface area contributed by atoms with Crippen molar-refractivity contribution in [1.29, 1.82) is 0 Å². The molecule has 3 N–H and O–H groups in total. The summed E-state index contributed by atoms with van der Waals surface area (Å²) in [4.78, 5) is 11.8. The number of nitrogens with zero attached hydrogens (tertiary/aromatic N) is 1. The van der Waals surface area contributed by atoms with Gasteiger partial charge in [-0.2, -0.15) is 5.10 Å². The maximum Gasteiger partial charge on any atom is 0.269 e. The first-order valence-electron chi connectivity index (χ1n) is 6.19. The summed E-state index contributed by atoms with van der Waals surface area (Å²) in [5.74, 6) is -0.267. The number of hydrogen-bond donors (Lipinski definition) is 3. The predicted molar refractivity (Wildman–Crippen MR) is 71.7 cm³/mol. The number of H-pyrrole nitrogens is 1. The minimum Gasteiger partial charge on any atom is -0.391 e. The number of aromatic nitrogens is 2. The zero-order valence-electron chi connectivity index (χ0n) is 10.7. The Morgan fingerprint density at radius 2 is 2.11 bits per heavy atom. The van der Waals surface area contributed by atoms with Crippen LogP contribution in [0.25, 0.3) is 0 Å². The summed E-state index contributed by atoms with van der Waals surface area (Å²) in [5.41, 5.74) is 1.43. The van der Waals surface area contributed by atoms with E-state index < -0.39 is 6.10 Å². The molecule has 100 valence electrons. The van der Waals surface area contributed by atoms with Crippen LogP contribution in [0.5, 0.6) is 0 Å². The second-order valence-electron chi connectivity index (χ2n) is 4.49. The summed E-state index contributed by atoms with van der Waals surface area (Å²) in [6.07, 6.45) is 1.39. The lowest BCUT2D eigenvalue weighted by Crippen LogP contribution is -2.42. The molecule has 0 aliphatic heterocycles. The second-order valence-corrected chi connectivity index (χ2v) is 4.49. The van der Waals surface area contributed by atoms with Crippen molar-refractivity contribution in [3.05, 3.63) is 53.9 Å². The topological polar surface area (TPSA) is 78.0 Å². The van der Waals surface area contributed by atoms with Crippen LogP contribution in [0.2, 0.25) is 0 Å². The van der Waals surface area contributed by atoms with E-state index in [4.69, 9.17) is 0 Å². The Bertz CT molecular complexity index is 511. The first kappa shape index (κ1) is 13.3. The predicted octanol–water partition coefficient (Wildman–Crippen LogP) is 1.13. The van der Waals surface area contributed by atoms with Crippen LogP contribution in [0, 0.1) is 0 Å². The Labute approximate surface area is 111 Å². The van der Waals surface area contributed by atoms with Crippen LogP contribution >= 0.6 is 0 Å². The van der Waals surface area contributed by atoms with E-state index in [0.29, 0.717) is 12.1 Å². The molecular formula is C14H17N3O2. The lowest BCUT2D eigenvalue weighted by Gasteiger charge is -2.20. The smallest absolute Gasteiger partial charge is 0.269 e. The maximum atomic E-state index is 11.8. The zero-order chi connectivity index (χ0) is 13.7. The monoisotopic (exact) mass is 259 g/mol. The summed E-state index contributed by atoms with van der Waals surface area (Å²) in [5, 5.41) is 19.1. The SMILES string of the molecule is CC(NC(=O)c1ccn[nH]1)C(O)Cc1ccccc1. The number of carbonyl (C=O) groups is 1. The molecule has 0 fully saturated rings. The van der Waals surface area contributed by atoms with Gasteiger partial charge in [-0.15, -0.1) is 0 Å². The third kappa shape index (κ3) is 3.66. The van der Waals surface area contributed by atoms with E-state index in [1.54, 1.807) is 13.0 Å². The van der Waals surface area contributed by atoms with Gasteiger partial charge in [0.05, 0.1) is 12.1 Å². The molecule has 0 bridgehead atoms. The maximum absolute atomic E-state index is 11.8. The molecule has 0 spiro atoms. The minimum atomic E-state index is -0.630. The van der Waals surface area contributed by atoms with Gasteiger partial charge in [0.15, 0.2) is 0 Å². The van der Waals surface area contributed by atoms with E-state index in [2.05, 4.69) is 15.5 Å². The number of nitrogens with one attached hydrogen (secondary N) is 2. The highest BCUT2D eigenvalue weighted by Gasteiger charge is 2.18. The molecule has 2 aromatic rings. The fourth-order valence-corrected chi connectivity index (χ4v) is 1.80. The molecule has 1 aromatic heterocycles. The molecule has 0 radical (unpaired) electrons. The summed E-state index contributed by atoms with van der Waals surface area (Å²) >= 11 is 0. The van der Waals surface area contributed by atoms with Gasteiger partial charge in [-0.3, -0.25) is 9.89 Å². The minimum absolute atomic E-state index is 0.267. The number of amides is 1. The average Bonchev–Trinajstić information content (AvgIpc) is 2.93. The molecule has 0 saturated heterocycles. The summed E-state index contributed by atoms with van der Waals surface area (Å²) in [7, 11) is 0. The second kappa shape index (κ2) is 6.15. The van der Waals surface area contributed by atoms with Crippen LogP contribution in [0.15, 0.2) is 42.6 Å². The quantitative estimate of drug-likeness (QED) is 0.753. The molecule has 2 atom stereocenters. The standard InChI is InChI=1S/C14H17N3O2/c1-10(16-14(19)12-7-8-15-17-12)13(18)9-11-5-3-2-4-6-11/h2-8,10,13,18H,9H2,1H3,(H,15,17)(H,16,19). The van der Waals surface area contributed by atoms with E-state index in [1.807, 2.05) is 30.3 Å². The molecule has 2 unspecified atom stereocenters.